The van der Waals surface area contributed by atoms with E-state index in [0.29, 0.717) is 11.6 Å². The summed E-state index contributed by atoms with van der Waals surface area (Å²) in [6.07, 6.45) is -4.75. The van der Waals surface area contributed by atoms with Crippen LogP contribution in [0, 0.1) is 12.7 Å². The fourth-order valence-corrected chi connectivity index (χ4v) is 4.32. The van der Waals surface area contributed by atoms with E-state index in [0.717, 1.165) is 17.7 Å². The number of rotatable bonds is 4. The summed E-state index contributed by atoms with van der Waals surface area (Å²) in [7, 11) is 0. The van der Waals surface area contributed by atoms with E-state index in [9.17, 15) is 13.2 Å². The fraction of sp³-hybridized carbons (Fsp3) is 0.200. The standard InChI is InChI=1S/C25H18ClF4N5O/c1-13-24-32-14(2)34-35(24)18-10-8-16(25(28,29)30)21(26)20(18)23(31-13)22-17(27)9-11-19(33-22)36-12-15-6-4-3-5-7-15/h3-11,13H,12H2,1-2H3/t13-/m0/s1. The van der Waals surface area contributed by atoms with Gasteiger partial charge < -0.3 is 4.74 Å². The molecule has 0 radical (unpaired) electrons. The zero-order chi connectivity index (χ0) is 25.6. The molecule has 184 valence electrons. The van der Waals surface area contributed by atoms with Gasteiger partial charge in [0, 0.05) is 11.6 Å². The highest BCUT2D eigenvalue weighted by Crippen LogP contribution is 2.41. The highest BCUT2D eigenvalue weighted by atomic mass is 35.5. The third-order valence-electron chi connectivity index (χ3n) is 5.60. The molecule has 0 saturated heterocycles. The van der Waals surface area contributed by atoms with E-state index in [1.165, 1.54) is 16.8 Å². The van der Waals surface area contributed by atoms with Crippen molar-refractivity contribution in [1.29, 1.82) is 0 Å². The van der Waals surface area contributed by atoms with Crippen LogP contribution in [-0.2, 0) is 12.8 Å². The van der Waals surface area contributed by atoms with Crippen LogP contribution >= 0.6 is 11.6 Å². The van der Waals surface area contributed by atoms with Crippen LogP contribution < -0.4 is 4.74 Å². The first-order valence-electron chi connectivity index (χ1n) is 10.9. The molecule has 2 aromatic heterocycles. The van der Waals surface area contributed by atoms with Gasteiger partial charge in [-0.25, -0.2) is 19.0 Å². The molecule has 0 spiro atoms. The number of nitrogens with zero attached hydrogens (tertiary/aromatic N) is 5. The molecule has 4 aromatic rings. The van der Waals surface area contributed by atoms with E-state index in [4.69, 9.17) is 16.3 Å². The summed E-state index contributed by atoms with van der Waals surface area (Å²) >= 11 is 6.34. The molecule has 3 heterocycles. The van der Waals surface area contributed by atoms with Crippen LogP contribution in [0.3, 0.4) is 0 Å². The number of aryl methyl sites for hydroxylation is 1. The number of halogens is 5. The van der Waals surface area contributed by atoms with Gasteiger partial charge in [-0.2, -0.15) is 18.3 Å². The van der Waals surface area contributed by atoms with Crippen LogP contribution in [0.2, 0.25) is 5.02 Å². The average molecular weight is 516 g/mol. The molecule has 0 bridgehead atoms. The first-order valence-corrected chi connectivity index (χ1v) is 11.3. The third kappa shape index (κ3) is 4.32. The number of aliphatic imine (C=N–C) groups is 1. The number of pyridine rings is 1. The number of alkyl halides is 3. The largest absolute Gasteiger partial charge is 0.473 e. The molecule has 0 fully saturated rings. The van der Waals surface area contributed by atoms with Crippen molar-refractivity contribution < 1.29 is 22.3 Å². The first kappa shape index (κ1) is 23.9. The van der Waals surface area contributed by atoms with Gasteiger partial charge in [0.05, 0.1) is 22.0 Å². The van der Waals surface area contributed by atoms with Gasteiger partial charge in [0.2, 0.25) is 5.88 Å². The van der Waals surface area contributed by atoms with Gasteiger partial charge in [-0.05, 0) is 37.6 Å². The summed E-state index contributed by atoms with van der Waals surface area (Å²) in [5.74, 6) is 0.0527. The Bertz CT molecular complexity index is 1480. The summed E-state index contributed by atoms with van der Waals surface area (Å²) in [6.45, 7) is 3.49. The van der Waals surface area contributed by atoms with E-state index in [-0.39, 0.29) is 35.1 Å². The van der Waals surface area contributed by atoms with Crippen molar-refractivity contribution >= 4 is 17.3 Å². The van der Waals surface area contributed by atoms with Gasteiger partial charge in [0.1, 0.15) is 24.2 Å². The van der Waals surface area contributed by atoms with Crippen LogP contribution in [-0.4, -0.2) is 25.5 Å². The predicted octanol–water partition coefficient (Wildman–Crippen LogP) is 6.27. The molecule has 1 aliphatic rings. The van der Waals surface area contributed by atoms with Crippen molar-refractivity contribution in [2.75, 3.05) is 0 Å². The Hall–Kier alpha value is -3.79. The second-order valence-corrected chi connectivity index (χ2v) is 8.53. The quantitative estimate of drug-likeness (QED) is 0.300. The van der Waals surface area contributed by atoms with E-state index in [1.807, 2.05) is 30.3 Å². The zero-order valence-corrected chi connectivity index (χ0v) is 19.8. The third-order valence-corrected chi connectivity index (χ3v) is 5.99. The van der Waals surface area contributed by atoms with Crippen LogP contribution in [0.5, 0.6) is 5.88 Å². The lowest BCUT2D eigenvalue weighted by atomic mass is 10.0. The lowest BCUT2D eigenvalue weighted by molar-refractivity contribution is -0.137. The molecular formula is C25H18ClF4N5O. The van der Waals surface area contributed by atoms with Gasteiger partial charge in [0.15, 0.2) is 11.6 Å². The second-order valence-electron chi connectivity index (χ2n) is 8.16. The lowest BCUT2D eigenvalue weighted by Gasteiger charge is -2.17. The first-order chi connectivity index (χ1) is 17.1. The molecule has 0 saturated carbocycles. The van der Waals surface area contributed by atoms with Gasteiger partial charge in [-0.1, -0.05) is 41.9 Å². The maximum absolute atomic E-state index is 15.2. The lowest BCUT2D eigenvalue weighted by Crippen LogP contribution is -2.16. The number of benzene rings is 2. The topological polar surface area (TPSA) is 65.2 Å². The van der Waals surface area contributed by atoms with Crippen LogP contribution in [0.1, 0.15) is 47.0 Å². The highest BCUT2D eigenvalue weighted by Gasteiger charge is 2.38. The molecule has 0 N–H and O–H groups in total. The van der Waals surface area contributed by atoms with E-state index < -0.39 is 28.6 Å². The van der Waals surface area contributed by atoms with Gasteiger partial charge in [-0.3, -0.25) is 4.99 Å². The second kappa shape index (κ2) is 9.02. The van der Waals surface area contributed by atoms with Crippen LogP contribution in [0.15, 0.2) is 59.6 Å². The summed E-state index contributed by atoms with van der Waals surface area (Å²) in [5, 5.41) is 3.69. The molecule has 0 amide bonds. The fourth-order valence-electron chi connectivity index (χ4n) is 3.96. The maximum Gasteiger partial charge on any atom is 0.417 e. The van der Waals surface area contributed by atoms with E-state index >= 15 is 4.39 Å². The van der Waals surface area contributed by atoms with Gasteiger partial charge >= 0.3 is 6.18 Å². The van der Waals surface area contributed by atoms with Crippen molar-refractivity contribution in [3.05, 3.63) is 99.5 Å². The average Bonchev–Trinajstić information content (AvgIpc) is 3.19. The Balaban J connectivity index is 1.68. The number of fused-ring (bicyclic) bond motifs is 3. The smallest absolute Gasteiger partial charge is 0.417 e. The zero-order valence-electron chi connectivity index (χ0n) is 19.0. The van der Waals surface area contributed by atoms with Crippen molar-refractivity contribution in [1.82, 2.24) is 19.7 Å². The summed E-state index contributed by atoms with van der Waals surface area (Å²) < 4.78 is 63.5. The molecule has 1 aliphatic heterocycles. The summed E-state index contributed by atoms with van der Waals surface area (Å²) in [5.41, 5.74) is -0.628. The Morgan fingerprint density at radius 1 is 1.03 bits per heavy atom. The molecule has 6 nitrogen and oxygen atoms in total. The minimum atomic E-state index is -4.75. The SMILES string of the molecule is Cc1nc2n(n1)-c1ccc(C(F)(F)F)c(Cl)c1C(c1nc(OCc3ccccc3)ccc1F)=N[C@H]2C. The molecule has 36 heavy (non-hydrogen) atoms. The van der Waals surface area contributed by atoms with Crippen molar-refractivity contribution in [2.45, 2.75) is 32.7 Å². The van der Waals surface area contributed by atoms with Crippen LogP contribution in [0.4, 0.5) is 17.6 Å². The van der Waals surface area contributed by atoms with Crippen molar-refractivity contribution in [3.8, 4) is 11.6 Å². The maximum atomic E-state index is 15.2. The number of aromatic nitrogens is 4. The molecule has 2 aromatic carbocycles. The van der Waals surface area contributed by atoms with E-state index in [1.54, 1.807) is 13.8 Å². The van der Waals surface area contributed by atoms with E-state index in [2.05, 4.69) is 20.1 Å². The Morgan fingerprint density at radius 3 is 2.50 bits per heavy atom. The minimum absolute atomic E-state index is 0.0752. The Kier molecular flexibility index (Phi) is 5.99. The molecular weight excluding hydrogens is 498 g/mol. The van der Waals surface area contributed by atoms with Crippen molar-refractivity contribution in [3.63, 3.8) is 0 Å². The molecule has 5 rings (SSSR count). The van der Waals surface area contributed by atoms with Gasteiger partial charge in [0.25, 0.3) is 0 Å². The molecule has 0 unspecified atom stereocenters. The molecule has 11 heteroatoms. The molecule has 1 atom stereocenters. The van der Waals surface area contributed by atoms with Crippen molar-refractivity contribution in [2.24, 2.45) is 4.99 Å². The highest BCUT2D eigenvalue weighted by molar-refractivity contribution is 6.37. The number of ether oxygens (including phenoxy) is 1. The Labute approximate surface area is 208 Å². The number of hydrogen-bond donors (Lipinski definition) is 0. The predicted molar refractivity (Wildman–Crippen MR) is 125 cm³/mol. The monoisotopic (exact) mass is 515 g/mol. The summed E-state index contributed by atoms with van der Waals surface area (Å²) in [6, 6.07) is 13.1. The number of hydrogen-bond acceptors (Lipinski definition) is 5. The summed E-state index contributed by atoms with van der Waals surface area (Å²) in [4.78, 5) is 13.2. The normalized spacial score (nSPS) is 15.1. The van der Waals surface area contributed by atoms with Gasteiger partial charge in [-0.15, -0.1) is 0 Å². The Morgan fingerprint density at radius 2 is 1.78 bits per heavy atom. The minimum Gasteiger partial charge on any atom is -0.473 e. The molecule has 0 aliphatic carbocycles. The van der Waals surface area contributed by atoms with Crippen LogP contribution in [0.25, 0.3) is 5.69 Å².